The zero-order valence-electron chi connectivity index (χ0n) is 19.3. The molecule has 0 aliphatic heterocycles. The lowest BCUT2D eigenvalue weighted by Gasteiger charge is -2.20. The molecule has 3 heteroatoms. The Hall–Kier alpha value is -2.91. The van der Waals surface area contributed by atoms with E-state index in [0.29, 0.717) is 18.4 Å². The lowest BCUT2D eigenvalue weighted by atomic mass is 9.92. The second kappa shape index (κ2) is 10.4. The van der Waals surface area contributed by atoms with Crippen LogP contribution in [0.25, 0.3) is 11.1 Å². The molecule has 0 aliphatic rings. The molecule has 0 saturated carbocycles. The van der Waals surface area contributed by atoms with Crippen molar-refractivity contribution in [3.63, 3.8) is 0 Å². The van der Waals surface area contributed by atoms with Crippen LogP contribution in [0.3, 0.4) is 0 Å². The Kier molecular flexibility index (Phi) is 7.64. The van der Waals surface area contributed by atoms with E-state index in [9.17, 15) is 4.79 Å². The molecular weight excluding hydrogens is 380 g/mol. The first kappa shape index (κ1) is 22.8. The number of rotatable bonds is 8. The Labute approximate surface area is 186 Å². The van der Waals surface area contributed by atoms with Gasteiger partial charge in [0.15, 0.2) is 0 Å². The Morgan fingerprint density at radius 2 is 1.42 bits per heavy atom. The van der Waals surface area contributed by atoms with E-state index in [4.69, 9.17) is 0 Å². The molecule has 0 unspecified atom stereocenters. The number of anilines is 1. The third-order valence-corrected chi connectivity index (χ3v) is 5.62. The number of hydrogen-bond acceptors (Lipinski definition) is 2. The van der Waals surface area contributed by atoms with Crippen LogP contribution in [0, 0.1) is 6.92 Å². The van der Waals surface area contributed by atoms with Crippen molar-refractivity contribution in [1.29, 1.82) is 0 Å². The maximum Gasteiger partial charge on any atom is 0.238 e. The third kappa shape index (κ3) is 5.83. The number of carbonyl (C=O) groups is 1. The molecule has 162 valence electrons. The average Bonchev–Trinajstić information content (AvgIpc) is 2.74. The van der Waals surface area contributed by atoms with Gasteiger partial charge >= 0.3 is 0 Å². The molecule has 0 fully saturated rings. The van der Waals surface area contributed by atoms with Gasteiger partial charge in [-0.15, -0.1) is 0 Å². The summed E-state index contributed by atoms with van der Waals surface area (Å²) in [4.78, 5) is 12.8. The molecule has 0 atom stereocenters. The Morgan fingerprint density at radius 3 is 2.03 bits per heavy atom. The topological polar surface area (TPSA) is 41.1 Å². The minimum absolute atomic E-state index is 0.0113. The van der Waals surface area contributed by atoms with Crippen molar-refractivity contribution in [3.05, 3.63) is 89.0 Å². The van der Waals surface area contributed by atoms with Gasteiger partial charge in [0.1, 0.15) is 0 Å². The summed E-state index contributed by atoms with van der Waals surface area (Å²) in [5, 5.41) is 6.51. The van der Waals surface area contributed by atoms with Crippen molar-refractivity contribution < 1.29 is 4.79 Å². The molecule has 31 heavy (non-hydrogen) atoms. The minimum Gasteiger partial charge on any atom is -0.324 e. The average molecular weight is 415 g/mol. The predicted octanol–water partition coefficient (Wildman–Crippen LogP) is 6.64. The summed E-state index contributed by atoms with van der Waals surface area (Å²) in [5.41, 5.74) is 8.17. The lowest BCUT2D eigenvalue weighted by Crippen LogP contribution is -2.28. The molecule has 0 radical (unpaired) electrons. The number of aryl methyl sites for hydroxylation is 1. The van der Waals surface area contributed by atoms with Gasteiger partial charge in [-0.25, -0.2) is 0 Å². The highest BCUT2D eigenvalue weighted by molar-refractivity contribution is 5.94. The van der Waals surface area contributed by atoms with E-state index < -0.39 is 0 Å². The Bertz CT molecular complexity index is 993. The summed E-state index contributed by atoms with van der Waals surface area (Å²) < 4.78 is 0. The van der Waals surface area contributed by atoms with Gasteiger partial charge in [0.05, 0.1) is 6.54 Å². The van der Waals surface area contributed by atoms with E-state index in [2.05, 4.69) is 106 Å². The van der Waals surface area contributed by atoms with Crippen LogP contribution in [-0.2, 0) is 11.3 Å². The molecule has 3 rings (SSSR count). The summed E-state index contributed by atoms with van der Waals surface area (Å²) in [6.45, 7) is 11.7. The van der Waals surface area contributed by atoms with Gasteiger partial charge in [0.2, 0.25) is 5.91 Å². The van der Waals surface area contributed by atoms with Crippen molar-refractivity contribution in [3.8, 4) is 11.1 Å². The maximum atomic E-state index is 12.8. The van der Waals surface area contributed by atoms with Gasteiger partial charge in [0.25, 0.3) is 0 Å². The zero-order chi connectivity index (χ0) is 22.4. The SMILES string of the molecule is Cc1ccc(-c2ccccc2CNCC(=O)Nc2c(C(C)C)cccc2C(C)C)cc1. The molecule has 1 amide bonds. The number of benzene rings is 3. The maximum absolute atomic E-state index is 12.8. The molecule has 3 aromatic carbocycles. The fourth-order valence-corrected chi connectivity index (χ4v) is 3.88. The standard InChI is InChI=1S/C28H34N2O/c1-19(2)24-11-8-12-25(20(3)4)28(24)30-27(31)18-29-17-23-9-6-7-10-26(23)22-15-13-21(5)14-16-22/h6-16,19-20,29H,17-18H2,1-5H3,(H,30,31). The molecule has 0 aromatic heterocycles. The van der Waals surface area contributed by atoms with E-state index in [-0.39, 0.29) is 12.5 Å². The molecule has 3 aromatic rings. The van der Waals surface area contributed by atoms with E-state index >= 15 is 0 Å². The zero-order valence-corrected chi connectivity index (χ0v) is 19.3. The molecule has 0 saturated heterocycles. The second-order valence-electron chi connectivity index (χ2n) is 8.80. The molecule has 0 bridgehead atoms. The van der Waals surface area contributed by atoms with E-state index in [0.717, 1.165) is 5.69 Å². The highest BCUT2D eigenvalue weighted by Crippen LogP contribution is 2.32. The number of hydrogen-bond donors (Lipinski definition) is 2. The first-order chi connectivity index (χ1) is 14.9. The summed E-state index contributed by atoms with van der Waals surface area (Å²) in [5.74, 6) is 0.689. The van der Waals surface area contributed by atoms with Crippen molar-refractivity contribution in [2.75, 3.05) is 11.9 Å². The quantitative estimate of drug-likeness (QED) is 0.434. The van der Waals surface area contributed by atoms with E-state index in [1.807, 2.05) is 6.07 Å². The fraction of sp³-hybridized carbons (Fsp3) is 0.321. The lowest BCUT2D eigenvalue weighted by molar-refractivity contribution is -0.115. The molecular formula is C28H34N2O. The number of amides is 1. The van der Waals surface area contributed by atoms with Crippen LogP contribution in [0.1, 0.15) is 61.8 Å². The summed E-state index contributed by atoms with van der Waals surface area (Å²) >= 11 is 0. The van der Waals surface area contributed by atoms with Gasteiger partial charge in [-0.2, -0.15) is 0 Å². The van der Waals surface area contributed by atoms with Gasteiger partial charge < -0.3 is 10.6 Å². The van der Waals surface area contributed by atoms with Crippen LogP contribution in [0.4, 0.5) is 5.69 Å². The van der Waals surface area contributed by atoms with Crippen LogP contribution < -0.4 is 10.6 Å². The Balaban J connectivity index is 1.68. The second-order valence-corrected chi connectivity index (χ2v) is 8.80. The monoisotopic (exact) mass is 414 g/mol. The molecule has 2 N–H and O–H groups in total. The van der Waals surface area contributed by atoms with E-state index in [1.165, 1.54) is 33.4 Å². The van der Waals surface area contributed by atoms with Crippen LogP contribution >= 0.6 is 0 Å². The minimum atomic E-state index is -0.0113. The fourth-order valence-electron chi connectivity index (χ4n) is 3.88. The largest absolute Gasteiger partial charge is 0.324 e. The van der Waals surface area contributed by atoms with Crippen molar-refractivity contribution >= 4 is 11.6 Å². The van der Waals surface area contributed by atoms with Crippen LogP contribution in [0.15, 0.2) is 66.7 Å². The van der Waals surface area contributed by atoms with Crippen molar-refractivity contribution in [2.24, 2.45) is 0 Å². The van der Waals surface area contributed by atoms with Gasteiger partial charge in [-0.1, -0.05) is 100.0 Å². The summed E-state index contributed by atoms with van der Waals surface area (Å²) in [6.07, 6.45) is 0. The normalized spacial score (nSPS) is 11.2. The highest BCUT2D eigenvalue weighted by atomic mass is 16.1. The van der Waals surface area contributed by atoms with Crippen LogP contribution in [0.5, 0.6) is 0 Å². The smallest absolute Gasteiger partial charge is 0.238 e. The number of para-hydroxylation sites is 1. The molecule has 0 heterocycles. The highest BCUT2D eigenvalue weighted by Gasteiger charge is 2.16. The van der Waals surface area contributed by atoms with Gasteiger partial charge in [-0.05, 0) is 46.6 Å². The van der Waals surface area contributed by atoms with Gasteiger partial charge in [0, 0.05) is 12.2 Å². The Morgan fingerprint density at radius 1 is 0.806 bits per heavy atom. The third-order valence-electron chi connectivity index (χ3n) is 5.62. The molecule has 0 spiro atoms. The van der Waals surface area contributed by atoms with Crippen LogP contribution in [-0.4, -0.2) is 12.5 Å². The molecule has 3 nitrogen and oxygen atoms in total. The predicted molar refractivity (Wildman–Crippen MR) is 132 cm³/mol. The first-order valence-electron chi connectivity index (χ1n) is 11.1. The van der Waals surface area contributed by atoms with Gasteiger partial charge in [-0.3, -0.25) is 4.79 Å². The summed E-state index contributed by atoms with van der Waals surface area (Å²) in [7, 11) is 0. The van der Waals surface area contributed by atoms with E-state index in [1.54, 1.807) is 0 Å². The van der Waals surface area contributed by atoms with Crippen molar-refractivity contribution in [2.45, 2.75) is 53.0 Å². The number of carbonyl (C=O) groups excluding carboxylic acids is 1. The van der Waals surface area contributed by atoms with Crippen molar-refractivity contribution in [1.82, 2.24) is 5.32 Å². The first-order valence-corrected chi connectivity index (χ1v) is 11.1. The number of nitrogens with one attached hydrogen (secondary N) is 2. The molecule has 0 aliphatic carbocycles. The summed E-state index contributed by atoms with van der Waals surface area (Å²) in [6, 6.07) is 23.2. The van der Waals surface area contributed by atoms with Crippen LogP contribution in [0.2, 0.25) is 0 Å².